The van der Waals surface area contributed by atoms with E-state index in [0.717, 1.165) is 21.7 Å². The smallest absolute Gasteiger partial charge is 0.147 e. The highest BCUT2D eigenvalue weighted by Gasteiger charge is 2.07. The van der Waals surface area contributed by atoms with Gasteiger partial charge in [0.1, 0.15) is 11.0 Å². The maximum absolute atomic E-state index is 6.01. The molecule has 0 spiro atoms. The molecule has 1 heterocycles. The molecule has 0 aliphatic heterocycles. The van der Waals surface area contributed by atoms with Crippen molar-refractivity contribution in [1.29, 1.82) is 0 Å². The van der Waals surface area contributed by atoms with Crippen LogP contribution in [0.1, 0.15) is 17.1 Å². The molecule has 0 aliphatic carbocycles. The summed E-state index contributed by atoms with van der Waals surface area (Å²) < 4.78 is 0.772. The summed E-state index contributed by atoms with van der Waals surface area (Å²) >= 11 is 11.1. The average molecular weight is 344 g/mol. The van der Waals surface area contributed by atoms with Crippen molar-refractivity contribution >= 4 is 39.3 Å². The molecule has 1 aromatic heterocycles. The van der Waals surface area contributed by atoms with Crippen molar-refractivity contribution in [1.82, 2.24) is 9.97 Å². The molecular weight excluding hydrogens is 332 g/mol. The van der Waals surface area contributed by atoms with E-state index in [0.29, 0.717) is 5.15 Å². The number of halogens is 2. The number of benzene rings is 1. The van der Waals surface area contributed by atoms with E-state index in [1.807, 2.05) is 6.92 Å². The molecule has 94 valence electrons. The van der Waals surface area contributed by atoms with Gasteiger partial charge in [0.15, 0.2) is 0 Å². The number of aryl methyl sites for hydroxylation is 2. The van der Waals surface area contributed by atoms with Crippen LogP contribution in [0.5, 0.6) is 0 Å². The van der Waals surface area contributed by atoms with E-state index in [9.17, 15) is 0 Å². The second-order valence-corrected chi connectivity index (χ2v) is 6.13. The van der Waals surface area contributed by atoms with Crippen molar-refractivity contribution in [3.8, 4) is 0 Å². The molecule has 2 aromatic rings. The summed E-state index contributed by atoms with van der Waals surface area (Å²) in [5.41, 5.74) is 2.13. The third kappa shape index (κ3) is 3.46. The zero-order valence-corrected chi connectivity index (χ0v) is 13.2. The van der Waals surface area contributed by atoms with Gasteiger partial charge in [-0.25, -0.2) is 9.97 Å². The fourth-order valence-electron chi connectivity index (χ4n) is 1.43. The molecule has 0 N–H and O–H groups in total. The Morgan fingerprint density at radius 1 is 1.17 bits per heavy atom. The quantitative estimate of drug-likeness (QED) is 0.591. The lowest BCUT2D eigenvalue weighted by molar-refractivity contribution is 0.984. The summed E-state index contributed by atoms with van der Waals surface area (Å²) in [4.78, 5) is 9.86. The van der Waals surface area contributed by atoms with E-state index < -0.39 is 0 Å². The minimum atomic E-state index is 0.474. The van der Waals surface area contributed by atoms with Crippen LogP contribution in [-0.2, 0) is 5.75 Å². The Labute approximate surface area is 124 Å². The molecule has 0 saturated carbocycles. The van der Waals surface area contributed by atoms with Crippen LogP contribution >= 0.6 is 39.3 Å². The summed E-state index contributed by atoms with van der Waals surface area (Å²) in [6, 6.07) is 8.41. The molecule has 0 aliphatic rings. The number of hydrogen-bond donors (Lipinski definition) is 0. The molecule has 0 bridgehead atoms. The van der Waals surface area contributed by atoms with E-state index >= 15 is 0 Å². The molecule has 0 unspecified atom stereocenters. The van der Waals surface area contributed by atoms with E-state index in [1.165, 1.54) is 10.5 Å². The van der Waals surface area contributed by atoms with Crippen molar-refractivity contribution in [3.63, 3.8) is 0 Å². The Morgan fingerprint density at radius 2 is 1.83 bits per heavy atom. The van der Waals surface area contributed by atoms with Crippen LogP contribution in [0.4, 0.5) is 0 Å². The lowest BCUT2D eigenvalue weighted by Gasteiger charge is -2.05. The van der Waals surface area contributed by atoms with Gasteiger partial charge in [-0.15, -0.1) is 11.8 Å². The third-order valence-corrected chi connectivity index (χ3v) is 4.87. The van der Waals surface area contributed by atoms with Gasteiger partial charge in [0, 0.05) is 4.90 Å². The van der Waals surface area contributed by atoms with Crippen LogP contribution in [0.25, 0.3) is 0 Å². The predicted molar refractivity (Wildman–Crippen MR) is 80.2 cm³/mol. The van der Waals surface area contributed by atoms with Crippen LogP contribution < -0.4 is 0 Å². The summed E-state index contributed by atoms with van der Waals surface area (Å²) in [6.45, 7) is 3.99. The van der Waals surface area contributed by atoms with Gasteiger partial charge in [0.25, 0.3) is 0 Å². The molecule has 0 saturated heterocycles. The highest BCUT2D eigenvalue weighted by atomic mass is 79.9. The van der Waals surface area contributed by atoms with E-state index in [1.54, 1.807) is 11.8 Å². The first-order valence-corrected chi connectivity index (χ1v) is 7.60. The highest BCUT2D eigenvalue weighted by Crippen LogP contribution is 2.26. The van der Waals surface area contributed by atoms with Crippen LogP contribution in [0.2, 0.25) is 5.15 Å². The molecule has 0 fully saturated rings. The lowest BCUT2D eigenvalue weighted by atomic mass is 10.2. The van der Waals surface area contributed by atoms with E-state index in [-0.39, 0.29) is 0 Å². The van der Waals surface area contributed by atoms with Crippen molar-refractivity contribution in [2.75, 3.05) is 0 Å². The number of rotatable bonds is 3. The van der Waals surface area contributed by atoms with E-state index in [4.69, 9.17) is 11.6 Å². The first kappa shape index (κ1) is 13.8. The van der Waals surface area contributed by atoms with Crippen LogP contribution in [0, 0.1) is 13.8 Å². The number of hydrogen-bond acceptors (Lipinski definition) is 3. The molecule has 0 amide bonds. The zero-order valence-electron chi connectivity index (χ0n) is 10.1. The highest BCUT2D eigenvalue weighted by molar-refractivity contribution is 9.10. The first-order valence-electron chi connectivity index (χ1n) is 5.44. The van der Waals surface area contributed by atoms with Crippen LogP contribution in [-0.4, -0.2) is 9.97 Å². The van der Waals surface area contributed by atoms with E-state index in [2.05, 4.69) is 57.1 Å². The Bertz CT molecular complexity index is 534. The molecule has 0 radical (unpaired) electrons. The molecule has 2 nitrogen and oxygen atoms in total. The third-order valence-electron chi connectivity index (χ3n) is 2.41. The van der Waals surface area contributed by atoms with Crippen LogP contribution in [0.15, 0.2) is 33.6 Å². The maximum Gasteiger partial charge on any atom is 0.147 e. The van der Waals surface area contributed by atoms with Crippen molar-refractivity contribution < 1.29 is 0 Å². The standard InChI is InChI=1S/C13H12BrClN2S/c1-8-3-5-10(6-4-8)18-7-11-16-9(2)12(14)13(15)17-11/h3-6H,7H2,1-2H3. The van der Waals surface area contributed by atoms with Crippen molar-refractivity contribution in [2.45, 2.75) is 24.5 Å². The van der Waals surface area contributed by atoms with Gasteiger partial charge in [-0.2, -0.15) is 0 Å². The van der Waals surface area contributed by atoms with Gasteiger partial charge in [-0.1, -0.05) is 29.3 Å². The van der Waals surface area contributed by atoms with Gasteiger partial charge in [-0.3, -0.25) is 0 Å². The van der Waals surface area contributed by atoms with Crippen molar-refractivity contribution in [3.05, 3.63) is 51.0 Å². The Hall–Kier alpha value is -0.580. The fourth-order valence-corrected chi connectivity index (χ4v) is 2.59. The Morgan fingerprint density at radius 3 is 2.44 bits per heavy atom. The van der Waals surface area contributed by atoms with Crippen molar-refractivity contribution in [2.24, 2.45) is 0 Å². The number of thioether (sulfide) groups is 1. The molecular formula is C13H12BrClN2S. The number of aromatic nitrogens is 2. The summed E-state index contributed by atoms with van der Waals surface area (Å²) in [6.07, 6.45) is 0. The minimum absolute atomic E-state index is 0.474. The minimum Gasteiger partial charge on any atom is -0.236 e. The lowest BCUT2D eigenvalue weighted by Crippen LogP contribution is -1.97. The largest absolute Gasteiger partial charge is 0.236 e. The zero-order chi connectivity index (χ0) is 13.1. The number of nitrogens with zero attached hydrogens (tertiary/aromatic N) is 2. The first-order chi connectivity index (χ1) is 8.56. The Balaban J connectivity index is 2.08. The Kier molecular flexibility index (Phi) is 4.65. The topological polar surface area (TPSA) is 25.8 Å². The molecule has 5 heteroatoms. The second-order valence-electron chi connectivity index (χ2n) is 3.93. The summed E-state index contributed by atoms with van der Waals surface area (Å²) in [7, 11) is 0. The van der Waals surface area contributed by atoms with Gasteiger partial charge < -0.3 is 0 Å². The van der Waals surface area contributed by atoms with Gasteiger partial charge in [0.05, 0.1) is 15.9 Å². The monoisotopic (exact) mass is 342 g/mol. The normalized spacial score (nSPS) is 10.7. The van der Waals surface area contributed by atoms with Gasteiger partial charge in [-0.05, 0) is 41.9 Å². The molecule has 2 rings (SSSR count). The summed E-state index contributed by atoms with van der Waals surface area (Å²) in [5.74, 6) is 1.47. The van der Waals surface area contributed by atoms with Gasteiger partial charge >= 0.3 is 0 Å². The molecule has 18 heavy (non-hydrogen) atoms. The maximum atomic E-state index is 6.01. The van der Waals surface area contributed by atoms with Crippen LogP contribution in [0.3, 0.4) is 0 Å². The second kappa shape index (κ2) is 6.04. The molecule has 0 atom stereocenters. The van der Waals surface area contributed by atoms with Gasteiger partial charge in [0.2, 0.25) is 0 Å². The predicted octanol–water partition coefficient (Wildman–Crippen LogP) is 4.80. The average Bonchev–Trinajstić information content (AvgIpc) is 2.35. The summed E-state index contributed by atoms with van der Waals surface area (Å²) in [5, 5.41) is 0.474. The SMILES string of the molecule is Cc1ccc(SCc2nc(C)c(Br)c(Cl)n2)cc1. The fraction of sp³-hybridized carbons (Fsp3) is 0.231. The molecule has 1 aromatic carbocycles.